The van der Waals surface area contributed by atoms with E-state index < -0.39 is 12.0 Å². The molecular weight excluding hydrogens is 442 g/mol. The minimum atomic E-state index is -1.11. The maximum absolute atomic E-state index is 12.9. The molecular formula is C28H31N3O4. The van der Waals surface area contributed by atoms with Crippen molar-refractivity contribution in [2.75, 3.05) is 18.6 Å². The van der Waals surface area contributed by atoms with Crippen LogP contribution in [0.2, 0.25) is 0 Å². The van der Waals surface area contributed by atoms with E-state index in [4.69, 9.17) is 4.74 Å². The molecule has 0 aliphatic rings. The summed E-state index contributed by atoms with van der Waals surface area (Å²) in [6, 6.07) is 19.1. The molecule has 1 atom stereocenters. The minimum Gasteiger partial charge on any atom is -0.477 e. The van der Waals surface area contributed by atoms with Crippen molar-refractivity contribution >= 4 is 39.6 Å². The SMILES string of the molecule is CCN(c1nc(C(=O)O)cc2c3ccccc3n(Cc3ccccc3)c12)[C@@H](CC(C)C)C(=O)OC. The number of ether oxygens (including phenoxy) is 1. The van der Waals surface area contributed by atoms with E-state index in [0.717, 1.165) is 27.4 Å². The number of carboxylic acid groups (broad SMARTS) is 1. The van der Waals surface area contributed by atoms with Gasteiger partial charge in [-0.1, -0.05) is 62.4 Å². The molecule has 182 valence electrons. The number of esters is 1. The van der Waals surface area contributed by atoms with Gasteiger partial charge in [-0.25, -0.2) is 14.6 Å². The Hall–Kier alpha value is -3.87. The van der Waals surface area contributed by atoms with Crippen molar-refractivity contribution in [2.45, 2.75) is 39.8 Å². The van der Waals surface area contributed by atoms with Crippen LogP contribution >= 0.6 is 0 Å². The van der Waals surface area contributed by atoms with E-state index in [2.05, 4.69) is 21.7 Å². The summed E-state index contributed by atoms with van der Waals surface area (Å²) in [7, 11) is 1.38. The summed E-state index contributed by atoms with van der Waals surface area (Å²) in [6.45, 7) is 7.09. The number of carbonyl (C=O) groups excluding carboxylic acids is 1. The molecule has 4 aromatic rings. The number of rotatable bonds is 9. The molecule has 2 aromatic carbocycles. The van der Waals surface area contributed by atoms with Gasteiger partial charge in [-0.3, -0.25) is 0 Å². The third-order valence-electron chi connectivity index (χ3n) is 6.29. The van der Waals surface area contributed by atoms with Crippen molar-refractivity contribution in [3.8, 4) is 0 Å². The zero-order valence-electron chi connectivity index (χ0n) is 20.6. The van der Waals surface area contributed by atoms with Gasteiger partial charge < -0.3 is 19.3 Å². The van der Waals surface area contributed by atoms with E-state index in [1.165, 1.54) is 7.11 Å². The molecule has 0 fully saturated rings. The van der Waals surface area contributed by atoms with Crippen LogP contribution in [0.25, 0.3) is 21.8 Å². The predicted molar refractivity (Wildman–Crippen MR) is 138 cm³/mol. The highest BCUT2D eigenvalue weighted by molar-refractivity contribution is 6.13. The number of hydrogen-bond donors (Lipinski definition) is 1. The van der Waals surface area contributed by atoms with E-state index in [1.807, 2.05) is 68.1 Å². The number of nitrogens with zero attached hydrogens (tertiary/aromatic N) is 3. The lowest BCUT2D eigenvalue weighted by Crippen LogP contribution is -2.43. The van der Waals surface area contributed by atoms with Gasteiger partial charge in [-0.15, -0.1) is 0 Å². The number of hydrogen-bond acceptors (Lipinski definition) is 5. The van der Waals surface area contributed by atoms with Crippen molar-refractivity contribution in [2.24, 2.45) is 5.92 Å². The molecule has 2 aromatic heterocycles. The molecule has 0 radical (unpaired) electrons. The molecule has 7 nitrogen and oxygen atoms in total. The Bertz CT molecular complexity index is 1360. The zero-order chi connectivity index (χ0) is 25.1. The second-order valence-electron chi connectivity index (χ2n) is 9.08. The third-order valence-corrected chi connectivity index (χ3v) is 6.29. The molecule has 0 unspecified atom stereocenters. The predicted octanol–water partition coefficient (Wildman–Crippen LogP) is 5.35. The van der Waals surface area contributed by atoms with Crippen LogP contribution in [0.3, 0.4) is 0 Å². The Morgan fingerprint density at radius 2 is 1.74 bits per heavy atom. The number of carbonyl (C=O) groups is 2. The van der Waals surface area contributed by atoms with Gasteiger partial charge in [0.05, 0.1) is 12.6 Å². The number of aromatic carboxylic acids is 1. The summed E-state index contributed by atoms with van der Waals surface area (Å²) in [5.41, 5.74) is 2.84. The van der Waals surface area contributed by atoms with Gasteiger partial charge in [0.2, 0.25) is 0 Å². The summed E-state index contributed by atoms with van der Waals surface area (Å²) in [6.07, 6.45) is 0.555. The van der Waals surface area contributed by atoms with E-state index >= 15 is 0 Å². The van der Waals surface area contributed by atoms with Crippen molar-refractivity contribution in [3.63, 3.8) is 0 Å². The van der Waals surface area contributed by atoms with Crippen molar-refractivity contribution in [1.82, 2.24) is 9.55 Å². The normalized spacial score (nSPS) is 12.3. The van der Waals surface area contributed by atoms with Crippen LogP contribution in [-0.2, 0) is 16.1 Å². The number of pyridine rings is 1. The average Bonchev–Trinajstić information content (AvgIpc) is 3.17. The van der Waals surface area contributed by atoms with Crippen molar-refractivity contribution in [3.05, 3.63) is 71.9 Å². The van der Waals surface area contributed by atoms with Gasteiger partial charge in [0.25, 0.3) is 0 Å². The van der Waals surface area contributed by atoms with E-state index in [0.29, 0.717) is 25.3 Å². The van der Waals surface area contributed by atoms with Crippen LogP contribution in [-0.4, -0.2) is 46.3 Å². The molecule has 35 heavy (non-hydrogen) atoms. The summed E-state index contributed by atoms with van der Waals surface area (Å²) in [4.78, 5) is 31.5. The number of methoxy groups -OCH3 is 1. The molecule has 0 amide bonds. The van der Waals surface area contributed by atoms with Gasteiger partial charge in [0.15, 0.2) is 11.5 Å². The number of fused-ring (bicyclic) bond motifs is 3. The highest BCUT2D eigenvalue weighted by Gasteiger charge is 2.31. The highest BCUT2D eigenvalue weighted by Crippen LogP contribution is 2.37. The Labute approximate surface area is 204 Å². The number of likely N-dealkylation sites (N-methyl/N-ethyl adjacent to an activating group) is 1. The smallest absolute Gasteiger partial charge is 0.354 e. The lowest BCUT2D eigenvalue weighted by Gasteiger charge is -2.32. The summed E-state index contributed by atoms with van der Waals surface area (Å²) >= 11 is 0. The monoisotopic (exact) mass is 473 g/mol. The number of para-hydroxylation sites is 1. The molecule has 1 N–H and O–H groups in total. The van der Waals surface area contributed by atoms with Crippen LogP contribution in [0, 0.1) is 5.92 Å². The largest absolute Gasteiger partial charge is 0.477 e. The fourth-order valence-electron chi connectivity index (χ4n) is 4.74. The fraction of sp³-hybridized carbons (Fsp3) is 0.321. The summed E-state index contributed by atoms with van der Waals surface area (Å²) in [5, 5.41) is 11.6. The lowest BCUT2D eigenvalue weighted by atomic mass is 10.0. The zero-order valence-corrected chi connectivity index (χ0v) is 20.6. The first-order valence-electron chi connectivity index (χ1n) is 11.9. The van der Waals surface area contributed by atoms with Crippen LogP contribution in [0.1, 0.15) is 43.2 Å². The molecule has 0 bridgehead atoms. The molecule has 2 heterocycles. The second kappa shape index (κ2) is 10.2. The first-order chi connectivity index (χ1) is 16.8. The first kappa shape index (κ1) is 24.3. The Morgan fingerprint density at radius 1 is 1.06 bits per heavy atom. The van der Waals surface area contributed by atoms with E-state index in [9.17, 15) is 14.7 Å². The molecule has 0 saturated heterocycles. The third kappa shape index (κ3) is 4.71. The van der Waals surface area contributed by atoms with Gasteiger partial charge in [-0.05, 0) is 37.0 Å². The Morgan fingerprint density at radius 3 is 2.37 bits per heavy atom. The fourth-order valence-corrected chi connectivity index (χ4v) is 4.74. The molecule has 7 heteroatoms. The van der Waals surface area contributed by atoms with Gasteiger partial charge in [0.1, 0.15) is 6.04 Å². The van der Waals surface area contributed by atoms with Crippen molar-refractivity contribution < 1.29 is 19.4 Å². The Kier molecular flexibility index (Phi) is 7.05. The van der Waals surface area contributed by atoms with Gasteiger partial charge >= 0.3 is 11.9 Å². The number of aromatic nitrogens is 2. The second-order valence-corrected chi connectivity index (χ2v) is 9.08. The highest BCUT2D eigenvalue weighted by atomic mass is 16.5. The molecule has 0 aliphatic carbocycles. The molecule has 4 rings (SSSR count). The van der Waals surface area contributed by atoms with E-state index in [-0.39, 0.29) is 17.6 Å². The number of benzene rings is 2. The minimum absolute atomic E-state index is 0.0540. The van der Waals surface area contributed by atoms with Crippen LogP contribution in [0.5, 0.6) is 0 Å². The lowest BCUT2D eigenvalue weighted by molar-refractivity contribution is -0.142. The number of anilines is 1. The standard InChI is InChI=1S/C28H31N3O4/c1-5-30(24(15-18(2)3)28(34)35-4)26-25-21(16-22(29-26)27(32)33)20-13-9-10-14-23(20)31(25)17-19-11-7-6-8-12-19/h6-14,16,18,24H,5,15,17H2,1-4H3,(H,32,33)/t24-/m0/s1. The summed E-state index contributed by atoms with van der Waals surface area (Å²) < 4.78 is 7.33. The Balaban J connectivity index is 2.06. The van der Waals surface area contributed by atoms with E-state index in [1.54, 1.807) is 6.07 Å². The summed E-state index contributed by atoms with van der Waals surface area (Å²) in [5.74, 6) is -0.767. The van der Waals surface area contributed by atoms with Crippen LogP contribution in [0.15, 0.2) is 60.7 Å². The quantitative estimate of drug-likeness (QED) is 0.330. The molecule has 0 saturated carbocycles. The maximum Gasteiger partial charge on any atom is 0.354 e. The molecule has 0 aliphatic heterocycles. The average molecular weight is 474 g/mol. The van der Waals surface area contributed by atoms with Crippen LogP contribution in [0.4, 0.5) is 5.82 Å². The van der Waals surface area contributed by atoms with Crippen molar-refractivity contribution in [1.29, 1.82) is 0 Å². The van der Waals surface area contributed by atoms with Crippen LogP contribution < -0.4 is 4.90 Å². The molecule has 0 spiro atoms. The number of carboxylic acids is 1. The topological polar surface area (TPSA) is 84.7 Å². The maximum atomic E-state index is 12.9. The van der Waals surface area contributed by atoms with Gasteiger partial charge in [0, 0.05) is 29.4 Å². The van der Waals surface area contributed by atoms with Gasteiger partial charge in [-0.2, -0.15) is 0 Å². The first-order valence-corrected chi connectivity index (χ1v) is 11.9.